The van der Waals surface area contributed by atoms with Gasteiger partial charge in [-0.1, -0.05) is 17.7 Å². The van der Waals surface area contributed by atoms with Crippen LogP contribution in [0.25, 0.3) is 0 Å². The normalized spacial score (nSPS) is 18.1. The number of piperidine rings is 1. The Morgan fingerprint density at radius 1 is 1.10 bits per heavy atom. The first kappa shape index (κ1) is 21.3. The summed E-state index contributed by atoms with van der Waals surface area (Å²) in [6.07, 6.45) is 1.45. The van der Waals surface area contributed by atoms with Gasteiger partial charge >= 0.3 is 5.97 Å². The lowest BCUT2D eigenvalue weighted by Gasteiger charge is -2.38. The number of carbonyl (C=O) groups is 1. The molecule has 1 fully saturated rings. The minimum Gasteiger partial charge on any atom is -0.496 e. The number of likely N-dealkylation sites (tertiary alicyclic amines) is 1. The molecule has 0 bridgehead atoms. The molecule has 0 aromatic heterocycles. The van der Waals surface area contributed by atoms with Crippen LogP contribution >= 0.6 is 11.6 Å². The van der Waals surface area contributed by atoms with E-state index in [-0.39, 0.29) is 6.04 Å². The first-order chi connectivity index (χ1) is 14.0. The van der Waals surface area contributed by atoms with E-state index < -0.39 is 11.9 Å². The molecule has 7 heteroatoms. The number of hydrogen-bond donors (Lipinski definition) is 1. The van der Waals surface area contributed by atoms with Gasteiger partial charge in [0, 0.05) is 17.1 Å². The molecule has 0 radical (unpaired) electrons. The average molecular weight is 420 g/mol. The van der Waals surface area contributed by atoms with Crippen LogP contribution in [0.1, 0.15) is 30.0 Å². The summed E-state index contributed by atoms with van der Waals surface area (Å²) >= 11 is 6.34. The van der Waals surface area contributed by atoms with Crippen molar-refractivity contribution in [2.45, 2.75) is 18.9 Å². The van der Waals surface area contributed by atoms with E-state index in [4.69, 9.17) is 25.8 Å². The van der Waals surface area contributed by atoms with E-state index in [0.717, 1.165) is 24.1 Å². The third-order valence-electron chi connectivity index (χ3n) is 5.39. The Balaban J connectivity index is 2.21. The van der Waals surface area contributed by atoms with E-state index in [1.807, 2.05) is 30.3 Å². The van der Waals surface area contributed by atoms with Gasteiger partial charge in [-0.2, -0.15) is 0 Å². The molecule has 0 amide bonds. The van der Waals surface area contributed by atoms with Crippen molar-refractivity contribution in [2.24, 2.45) is 5.92 Å². The highest BCUT2D eigenvalue weighted by Gasteiger charge is 2.35. The van der Waals surface area contributed by atoms with E-state index >= 15 is 0 Å². The number of aliphatic carboxylic acids is 1. The summed E-state index contributed by atoms with van der Waals surface area (Å²) in [5, 5.41) is 10.2. The molecule has 29 heavy (non-hydrogen) atoms. The monoisotopic (exact) mass is 419 g/mol. The molecule has 0 saturated carbocycles. The van der Waals surface area contributed by atoms with Crippen molar-refractivity contribution >= 4 is 17.6 Å². The zero-order valence-corrected chi connectivity index (χ0v) is 17.6. The summed E-state index contributed by atoms with van der Waals surface area (Å²) in [6.45, 7) is 1.15. The lowest BCUT2D eigenvalue weighted by molar-refractivity contribution is -0.143. The summed E-state index contributed by atoms with van der Waals surface area (Å²) in [5.41, 5.74) is 1.66. The molecular formula is C22H26ClNO5. The zero-order valence-electron chi connectivity index (χ0n) is 16.9. The van der Waals surface area contributed by atoms with Crippen molar-refractivity contribution in [1.29, 1.82) is 0 Å². The molecule has 0 aliphatic carbocycles. The molecule has 2 aromatic rings. The van der Waals surface area contributed by atoms with Gasteiger partial charge in [-0.15, -0.1) is 0 Å². The highest BCUT2D eigenvalue weighted by atomic mass is 35.5. The van der Waals surface area contributed by atoms with Crippen molar-refractivity contribution in [2.75, 3.05) is 34.4 Å². The van der Waals surface area contributed by atoms with Gasteiger partial charge in [-0.25, -0.2) is 0 Å². The van der Waals surface area contributed by atoms with Crippen LogP contribution in [0.3, 0.4) is 0 Å². The predicted molar refractivity (Wildman–Crippen MR) is 111 cm³/mol. The van der Waals surface area contributed by atoms with E-state index in [1.165, 1.54) is 0 Å². The van der Waals surface area contributed by atoms with Crippen molar-refractivity contribution in [3.05, 3.63) is 52.5 Å². The van der Waals surface area contributed by atoms with Gasteiger partial charge in [-0.3, -0.25) is 9.69 Å². The number of methoxy groups -OCH3 is 3. The first-order valence-corrected chi connectivity index (χ1v) is 9.89. The fraction of sp³-hybridized carbons (Fsp3) is 0.409. The van der Waals surface area contributed by atoms with Crippen LogP contribution in [0, 0.1) is 5.92 Å². The molecule has 0 spiro atoms. The summed E-state index contributed by atoms with van der Waals surface area (Å²) in [7, 11) is 4.83. The maximum atomic E-state index is 11.7. The van der Waals surface area contributed by atoms with Crippen LogP contribution in [-0.4, -0.2) is 50.4 Å². The van der Waals surface area contributed by atoms with Crippen LogP contribution in [0.2, 0.25) is 5.02 Å². The number of nitrogens with zero attached hydrogens (tertiary/aromatic N) is 1. The SMILES string of the molecule is COc1ccc(Cl)cc1C(c1c(OC)cccc1OC)N1CCCC(C(=O)O)C1. The Bertz CT molecular complexity index is 850. The molecular weight excluding hydrogens is 394 g/mol. The Morgan fingerprint density at radius 2 is 1.76 bits per heavy atom. The smallest absolute Gasteiger partial charge is 0.307 e. The number of rotatable bonds is 7. The van der Waals surface area contributed by atoms with Crippen molar-refractivity contribution < 1.29 is 24.1 Å². The van der Waals surface area contributed by atoms with Gasteiger partial charge in [0.2, 0.25) is 0 Å². The Morgan fingerprint density at radius 3 is 2.34 bits per heavy atom. The fourth-order valence-corrected chi connectivity index (χ4v) is 4.23. The summed E-state index contributed by atoms with van der Waals surface area (Å²) in [4.78, 5) is 13.8. The molecule has 1 N–H and O–H groups in total. The number of halogens is 1. The third kappa shape index (κ3) is 4.43. The van der Waals surface area contributed by atoms with Crippen molar-refractivity contribution in [1.82, 2.24) is 4.90 Å². The average Bonchev–Trinajstić information content (AvgIpc) is 2.74. The minimum absolute atomic E-state index is 0.336. The topological polar surface area (TPSA) is 68.2 Å². The maximum Gasteiger partial charge on any atom is 0.307 e. The van der Waals surface area contributed by atoms with Crippen LogP contribution in [0.5, 0.6) is 17.2 Å². The molecule has 1 aliphatic heterocycles. The standard InChI is InChI=1S/C22H26ClNO5/c1-27-17-10-9-15(23)12-16(17)21(24-11-5-6-14(13-24)22(25)26)20-18(28-2)7-4-8-19(20)29-3/h4,7-10,12,14,21H,5-6,11,13H2,1-3H3,(H,25,26). The lowest BCUT2D eigenvalue weighted by Crippen LogP contribution is -2.41. The largest absolute Gasteiger partial charge is 0.496 e. The van der Waals surface area contributed by atoms with Crippen molar-refractivity contribution in [3.8, 4) is 17.2 Å². The highest BCUT2D eigenvalue weighted by molar-refractivity contribution is 6.30. The predicted octanol–water partition coefficient (Wildman–Crippen LogP) is 4.25. The molecule has 156 valence electrons. The number of hydrogen-bond acceptors (Lipinski definition) is 5. The van der Waals surface area contributed by atoms with E-state index in [0.29, 0.717) is 35.2 Å². The Hall–Kier alpha value is -2.44. The first-order valence-electron chi connectivity index (χ1n) is 9.51. The fourth-order valence-electron chi connectivity index (χ4n) is 4.05. The van der Waals surface area contributed by atoms with Crippen molar-refractivity contribution in [3.63, 3.8) is 0 Å². The number of benzene rings is 2. The Labute approximate surface area is 175 Å². The van der Waals surface area contributed by atoms with E-state index in [9.17, 15) is 9.90 Å². The van der Waals surface area contributed by atoms with Crippen LogP contribution < -0.4 is 14.2 Å². The lowest BCUT2D eigenvalue weighted by atomic mass is 9.90. The Kier molecular flexibility index (Phi) is 6.87. The summed E-state index contributed by atoms with van der Waals surface area (Å²) in [5.74, 6) is 0.781. The molecule has 2 aromatic carbocycles. The van der Waals surface area contributed by atoms with Gasteiger partial charge in [0.15, 0.2) is 0 Å². The third-order valence-corrected chi connectivity index (χ3v) is 5.63. The second-order valence-electron chi connectivity index (χ2n) is 7.04. The molecule has 6 nitrogen and oxygen atoms in total. The van der Waals surface area contributed by atoms with Gasteiger partial charge in [0.05, 0.1) is 38.9 Å². The summed E-state index contributed by atoms with van der Waals surface area (Å²) in [6, 6.07) is 10.7. The molecule has 2 atom stereocenters. The zero-order chi connectivity index (χ0) is 21.0. The second-order valence-corrected chi connectivity index (χ2v) is 7.47. The van der Waals surface area contributed by atoms with E-state index in [2.05, 4.69) is 4.90 Å². The number of carboxylic acids is 1. The minimum atomic E-state index is -0.779. The van der Waals surface area contributed by atoms with Gasteiger partial charge in [-0.05, 0) is 49.7 Å². The number of carboxylic acid groups (broad SMARTS) is 1. The molecule has 1 aliphatic rings. The molecule has 2 unspecified atom stereocenters. The van der Waals surface area contributed by atoms with Gasteiger partial charge < -0.3 is 19.3 Å². The van der Waals surface area contributed by atoms with Crippen LogP contribution in [0.15, 0.2) is 36.4 Å². The molecule has 1 heterocycles. The molecule has 1 saturated heterocycles. The van der Waals surface area contributed by atoms with Gasteiger partial charge in [0.25, 0.3) is 0 Å². The number of ether oxygens (including phenoxy) is 3. The maximum absolute atomic E-state index is 11.7. The molecule has 3 rings (SSSR count). The van der Waals surface area contributed by atoms with Crippen LogP contribution in [-0.2, 0) is 4.79 Å². The second kappa shape index (κ2) is 9.37. The summed E-state index contributed by atoms with van der Waals surface area (Å²) < 4.78 is 17.0. The van der Waals surface area contributed by atoms with Gasteiger partial charge in [0.1, 0.15) is 17.2 Å². The van der Waals surface area contributed by atoms with Crippen LogP contribution in [0.4, 0.5) is 0 Å². The quantitative estimate of drug-likeness (QED) is 0.723. The van der Waals surface area contributed by atoms with E-state index in [1.54, 1.807) is 27.4 Å². The highest BCUT2D eigenvalue weighted by Crippen LogP contribution is 2.45.